The molecule has 5 heteroatoms. The molecule has 140 valence electrons. The van der Waals surface area contributed by atoms with E-state index in [9.17, 15) is 4.79 Å². The van der Waals surface area contributed by atoms with E-state index in [2.05, 4.69) is 62.7 Å². The minimum absolute atomic E-state index is 0.000311. The molecule has 2 aromatic carbocycles. The zero-order chi connectivity index (χ0) is 18.8. The summed E-state index contributed by atoms with van der Waals surface area (Å²) in [5.41, 5.74) is 4.31. The van der Waals surface area contributed by atoms with Crippen LogP contribution in [0, 0.1) is 6.92 Å². The molecule has 0 bridgehead atoms. The van der Waals surface area contributed by atoms with Gasteiger partial charge in [-0.2, -0.15) is 0 Å². The van der Waals surface area contributed by atoms with Crippen molar-refractivity contribution in [3.63, 3.8) is 0 Å². The van der Waals surface area contributed by atoms with Crippen LogP contribution in [0.2, 0.25) is 0 Å². The first kappa shape index (κ1) is 18.3. The first-order valence-corrected chi connectivity index (χ1v) is 10.2. The Kier molecular flexibility index (Phi) is 5.32. The van der Waals surface area contributed by atoms with E-state index in [1.807, 2.05) is 18.2 Å². The van der Waals surface area contributed by atoms with Crippen molar-refractivity contribution < 1.29 is 4.79 Å². The molecular formula is C22H24BrN3O. The Morgan fingerprint density at radius 2 is 2.04 bits per heavy atom. The predicted molar refractivity (Wildman–Crippen MR) is 113 cm³/mol. The van der Waals surface area contributed by atoms with Gasteiger partial charge in [-0.05, 0) is 56.5 Å². The Morgan fingerprint density at radius 1 is 1.22 bits per heavy atom. The summed E-state index contributed by atoms with van der Waals surface area (Å²) in [6, 6.07) is 15.3. The summed E-state index contributed by atoms with van der Waals surface area (Å²) in [4.78, 5) is 16.0. The first-order chi connectivity index (χ1) is 13.1. The van der Waals surface area contributed by atoms with Gasteiger partial charge in [0.2, 0.25) is 0 Å². The number of aryl methyl sites for hydroxylation is 1. The summed E-state index contributed by atoms with van der Waals surface area (Å²) in [5.74, 6) is 0.000311. The van der Waals surface area contributed by atoms with Gasteiger partial charge in [-0.15, -0.1) is 0 Å². The van der Waals surface area contributed by atoms with Gasteiger partial charge in [-0.25, -0.2) is 0 Å². The molecule has 1 fully saturated rings. The third-order valence-electron chi connectivity index (χ3n) is 5.32. The Hall–Kier alpha value is -2.11. The van der Waals surface area contributed by atoms with E-state index in [1.54, 1.807) is 6.20 Å². The predicted octanol–water partition coefficient (Wildman–Crippen LogP) is 4.33. The molecule has 1 saturated heterocycles. The van der Waals surface area contributed by atoms with Crippen molar-refractivity contribution >= 4 is 32.7 Å². The van der Waals surface area contributed by atoms with Gasteiger partial charge in [0.05, 0.1) is 5.56 Å². The van der Waals surface area contributed by atoms with Crippen molar-refractivity contribution in [3.8, 4) is 0 Å². The maximum Gasteiger partial charge on any atom is 0.253 e. The number of amides is 1. The van der Waals surface area contributed by atoms with Gasteiger partial charge in [0.15, 0.2) is 0 Å². The monoisotopic (exact) mass is 425 g/mol. The van der Waals surface area contributed by atoms with Crippen molar-refractivity contribution in [2.45, 2.75) is 38.3 Å². The fourth-order valence-corrected chi connectivity index (χ4v) is 4.21. The third kappa shape index (κ3) is 4.25. The smallest absolute Gasteiger partial charge is 0.253 e. The number of rotatable bonds is 4. The zero-order valence-corrected chi connectivity index (χ0v) is 17.0. The van der Waals surface area contributed by atoms with Crippen molar-refractivity contribution in [2.24, 2.45) is 0 Å². The van der Waals surface area contributed by atoms with Crippen LogP contribution in [0.15, 0.2) is 53.1 Å². The lowest BCUT2D eigenvalue weighted by atomic mass is 9.93. The third-order valence-corrected chi connectivity index (χ3v) is 5.81. The number of halogens is 1. The molecule has 2 atom stereocenters. The normalized spacial score (nSPS) is 19.9. The lowest BCUT2D eigenvalue weighted by Gasteiger charge is -2.31. The molecule has 1 aliphatic heterocycles. The van der Waals surface area contributed by atoms with Gasteiger partial charge in [0, 0.05) is 33.7 Å². The molecule has 1 aromatic heterocycles. The van der Waals surface area contributed by atoms with Crippen LogP contribution < -0.4 is 10.6 Å². The molecule has 1 aliphatic rings. The second kappa shape index (κ2) is 7.87. The molecule has 0 saturated carbocycles. The van der Waals surface area contributed by atoms with Crippen LogP contribution in [0.5, 0.6) is 0 Å². The van der Waals surface area contributed by atoms with Crippen LogP contribution in [-0.2, 0) is 6.42 Å². The highest BCUT2D eigenvalue weighted by Gasteiger charge is 2.24. The van der Waals surface area contributed by atoms with Gasteiger partial charge >= 0.3 is 0 Å². The number of hydrogen-bond acceptors (Lipinski definition) is 2. The maximum atomic E-state index is 12.8. The SMILES string of the molecule is Cc1ccc(C[C@H]2C[C@H](NC(=O)c3c[nH]c4ccc(Br)cc34)CCN2)cc1. The molecule has 0 unspecified atom stereocenters. The Labute approximate surface area is 167 Å². The van der Waals surface area contributed by atoms with E-state index < -0.39 is 0 Å². The summed E-state index contributed by atoms with van der Waals surface area (Å²) < 4.78 is 0.976. The van der Waals surface area contributed by atoms with Crippen LogP contribution in [0.25, 0.3) is 10.9 Å². The average molecular weight is 426 g/mol. The van der Waals surface area contributed by atoms with Crippen LogP contribution in [0.1, 0.15) is 34.3 Å². The fourth-order valence-electron chi connectivity index (χ4n) is 3.85. The molecule has 0 radical (unpaired) electrons. The number of piperidine rings is 1. The maximum absolute atomic E-state index is 12.8. The molecule has 2 heterocycles. The molecule has 4 rings (SSSR count). The van der Waals surface area contributed by atoms with Crippen molar-refractivity contribution in [1.29, 1.82) is 0 Å². The standard InChI is InChI=1S/C22H24BrN3O/c1-14-2-4-15(5-3-14)10-18-12-17(8-9-24-18)26-22(27)20-13-25-21-7-6-16(23)11-19(20)21/h2-7,11,13,17-18,24-25H,8-10,12H2,1H3,(H,26,27)/t17-,18+/m1/s1. The quantitative estimate of drug-likeness (QED) is 0.582. The lowest BCUT2D eigenvalue weighted by molar-refractivity contribution is 0.0926. The zero-order valence-electron chi connectivity index (χ0n) is 15.4. The largest absolute Gasteiger partial charge is 0.360 e. The number of H-pyrrole nitrogens is 1. The van der Waals surface area contributed by atoms with E-state index >= 15 is 0 Å². The van der Waals surface area contributed by atoms with Crippen LogP contribution >= 0.6 is 15.9 Å². The molecular weight excluding hydrogens is 402 g/mol. The molecule has 3 N–H and O–H groups in total. The van der Waals surface area contributed by atoms with Crippen LogP contribution in [-0.4, -0.2) is 29.5 Å². The molecule has 1 amide bonds. The van der Waals surface area contributed by atoms with Gasteiger partial charge < -0.3 is 15.6 Å². The summed E-state index contributed by atoms with van der Waals surface area (Å²) in [7, 11) is 0. The van der Waals surface area contributed by atoms with Gasteiger partial charge in [0.1, 0.15) is 0 Å². The van der Waals surface area contributed by atoms with Gasteiger partial charge in [-0.3, -0.25) is 4.79 Å². The minimum Gasteiger partial charge on any atom is -0.360 e. The highest BCUT2D eigenvalue weighted by molar-refractivity contribution is 9.10. The van der Waals surface area contributed by atoms with Crippen molar-refractivity contribution in [3.05, 3.63) is 69.8 Å². The Morgan fingerprint density at radius 3 is 2.85 bits per heavy atom. The number of aromatic amines is 1. The van der Waals surface area contributed by atoms with E-state index in [0.717, 1.165) is 41.2 Å². The summed E-state index contributed by atoms with van der Waals surface area (Å²) in [6.45, 7) is 3.04. The highest BCUT2D eigenvalue weighted by Crippen LogP contribution is 2.23. The van der Waals surface area contributed by atoms with E-state index in [0.29, 0.717) is 11.6 Å². The topological polar surface area (TPSA) is 56.9 Å². The summed E-state index contributed by atoms with van der Waals surface area (Å²) in [6.07, 6.45) is 4.71. The number of fused-ring (bicyclic) bond motifs is 1. The number of carbonyl (C=O) groups excluding carboxylic acids is 1. The highest BCUT2D eigenvalue weighted by atomic mass is 79.9. The van der Waals surface area contributed by atoms with Crippen LogP contribution in [0.3, 0.4) is 0 Å². The molecule has 4 nitrogen and oxygen atoms in total. The van der Waals surface area contributed by atoms with Crippen LogP contribution in [0.4, 0.5) is 0 Å². The number of benzene rings is 2. The average Bonchev–Trinajstić information content (AvgIpc) is 3.07. The van der Waals surface area contributed by atoms with Gasteiger partial charge in [-0.1, -0.05) is 45.8 Å². The number of hydrogen-bond donors (Lipinski definition) is 3. The molecule has 3 aromatic rings. The minimum atomic E-state index is 0.000311. The number of carbonyl (C=O) groups is 1. The Bertz CT molecular complexity index is 948. The second-order valence-corrected chi connectivity index (χ2v) is 8.34. The summed E-state index contributed by atoms with van der Waals surface area (Å²) in [5, 5.41) is 7.79. The molecule has 0 spiro atoms. The molecule has 27 heavy (non-hydrogen) atoms. The number of nitrogens with one attached hydrogen (secondary N) is 3. The van der Waals surface area contributed by atoms with E-state index in [1.165, 1.54) is 11.1 Å². The lowest BCUT2D eigenvalue weighted by Crippen LogP contribution is -2.48. The molecule has 0 aliphatic carbocycles. The van der Waals surface area contributed by atoms with E-state index in [4.69, 9.17) is 0 Å². The Balaban J connectivity index is 1.41. The van der Waals surface area contributed by atoms with Crippen molar-refractivity contribution in [2.75, 3.05) is 6.54 Å². The fraction of sp³-hybridized carbons (Fsp3) is 0.318. The van der Waals surface area contributed by atoms with Gasteiger partial charge in [0.25, 0.3) is 5.91 Å². The van der Waals surface area contributed by atoms with Crippen molar-refractivity contribution in [1.82, 2.24) is 15.6 Å². The first-order valence-electron chi connectivity index (χ1n) is 9.45. The summed E-state index contributed by atoms with van der Waals surface area (Å²) >= 11 is 3.49. The van der Waals surface area contributed by atoms with E-state index in [-0.39, 0.29) is 11.9 Å². The number of aromatic nitrogens is 1. The second-order valence-electron chi connectivity index (χ2n) is 7.43.